The first kappa shape index (κ1) is 21.3. The van der Waals surface area contributed by atoms with E-state index in [0.717, 1.165) is 5.56 Å². The van der Waals surface area contributed by atoms with Crippen LogP contribution >= 0.6 is 11.6 Å². The van der Waals surface area contributed by atoms with E-state index in [2.05, 4.69) is 10.6 Å². The molecule has 2 N–H and O–H groups in total. The second-order valence-electron chi connectivity index (χ2n) is 6.29. The first-order valence-corrected chi connectivity index (χ1v) is 9.02. The normalized spacial score (nSPS) is 10.8. The number of benzene rings is 2. The van der Waals surface area contributed by atoms with Crippen molar-refractivity contribution in [3.63, 3.8) is 0 Å². The van der Waals surface area contributed by atoms with E-state index in [0.29, 0.717) is 27.8 Å². The lowest BCUT2D eigenvalue weighted by Gasteiger charge is -2.11. The molecule has 0 bridgehead atoms. The Morgan fingerprint density at radius 3 is 2.25 bits per heavy atom. The Morgan fingerprint density at radius 1 is 1.04 bits per heavy atom. The van der Waals surface area contributed by atoms with Crippen LogP contribution in [-0.2, 0) is 4.79 Å². The quantitative estimate of drug-likeness (QED) is 0.682. The predicted molar refractivity (Wildman–Crippen MR) is 111 cm³/mol. The number of carbonyl (C=O) groups excluding carboxylic acids is 2. The molecular formula is C21H23ClN2O4. The summed E-state index contributed by atoms with van der Waals surface area (Å²) in [5, 5.41) is 5.82. The third kappa shape index (κ3) is 6.03. The Hall–Kier alpha value is -2.99. The minimum atomic E-state index is -0.384. The molecule has 0 aliphatic rings. The molecule has 2 aromatic carbocycles. The summed E-state index contributed by atoms with van der Waals surface area (Å²) >= 11 is 6.14. The van der Waals surface area contributed by atoms with Crippen molar-refractivity contribution in [2.45, 2.75) is 19.9 Å². The van der Waals surface area contributed by atoms with Gasteiger partial charge in [0.25, 0.3) is 5.91 Å². The van der Waals surface area contributed by atoms with E-state index in [4.69, 9.17) is 21.1 Å². The number of amides is 2. The molecule has 2 amide bonds. The number of nitrogens with one attached hydrogen (secondary N) is 2. The lowest BCUT2D eigenvalue weighted by Crippen LogP contribution is -2.30. The van der Waals surface area contributed by atoms with Gasteiger partial charge in [-0.25, -0.2) is 0 Å². The highest BCUT2D eigenvalue weighted by Crippen LogP contribution is 2.25. The predicted octanol–water partition coefficient (Wildman–Crippen LogP) is 4.15. The highest BCUT2D eigenvalue weighted by Gasteiger charge is 2.11. The zero-order chi connectivity index (χ0) is 20.7. The van der Waals surface area contributed by atoms with Crippen LogP contribution in [0.4, 0.5) is 5.69 Å². The van der Waals surface area contributed by atoms with Crippen molar-refractivity contribution in [3.8, 4) is 11.5 Å². The standard InChI is InChI=1S/C21H23ClN2O4/c1-13(2)23-21(26)15-6-7-18(22)19(11-15)24-20(25)8-5-14-9-16(27-3)12-17(10-14)28-4/h5-13H,1-4H3,(H,23,26)(H,24,25)/b8-5+. The molecule has 0 saturated heterocycles. The topological polar surface area (TPSA) is 76.7 Å². The van der Waals surface area contributed by atoms with Crippen LogP contribution < -0.4 is 20.1 Å². The molecule has 0 unspecified atom stereocenters. The van der Waals surface area contributed by atoms with Gasteiger partial charge in [-0.2, -0.15) is 0 Å². The molecular weight excluding hydrogens is 380 g/mol. The molecule has 2 aromatic rings. The Balaban J connectivity index is 2.14. The van der Waals surface area contributed by atoms with Crippen molar-refractivity contribution < 1.29 is 19.1 Å². The molecule has 0 aliphatic heterocycles. The van der Waals surface area contributed by atoms with Crippen molar-refractivity contribution in [2.24, 2.45) is 0 Å². The molecule has 0 aliphatic carbocycles. The molecule has 2 rings (SSSR count). The summed E-state index contributed by atoms with van der Waals surface area (Å²) in [6, 6.07) is 10.0. The van der Waals surface area contributed by atoms with Crippen LogP contribution in [-0.4, -0.2) is 32.1 Å². The van der Waals surface area contributed by atoms with Crippen LogP contribution in [0.15, 0.2) is 42.5 Å². The van der Waals surface area contributed by atoms with E-state index in [1.807, 2.05) is 13.8 Å². The maximum absolute atomic E-state index is 12.3. The van der Waals surface area contributed by atoms with Crippen LogP contribution in [0.3, 0.4) is 0 Å². The molecule has 7 heteroatoms. The van der Waals surface area contributed by atoms with Gasteiger partial charge in [0.05, 0.1) is 24.9 Å². The third-order valence-corrected chi connectivity index (χ3v) is 4.04. The van der Waals surface area contributed by atoms with E-state index in [1.54, 1.807) is 56.7 Å². The monoisotopic (exact) mass is 402 g/mol. The van der Waals surface area contributed by atoms with E-state index < -0.39 is 0 Å². The molecule has 0 aromatic heterocycles. The number of halogens is 1. The van der Waals surface area contributed by atoms with Gasteiger partial charge in [0.2, 0.25) is 5.91 Å². The SMILES string of the molecule is COc1cc(/C=C/C(=O)Nc2cc(C(=O)NC(C)C)ccc2Cl)cc(OC)c1. The Labute approximate surface area is 169 Å². The average Bonchev–Trinajstić information content (AvgIpc) is 2.67. The van der Waals surface area contributed by atoms with E-state index >= 15 is 0 Å². The first-order valence-electron chi connectivity index (χ1n) is 8.65. The largest absolute Gasteiger partial charge is 0.497 e. The number of hydrogen-bond acceptors (Lipinski definition) is 4. The van der Waals surface area contributed by atoms with Crippen LogP contribution in [0.2, 0.25) is 5.02 Å². The van der Waals surface area contributed by atoms with Gasteiger partial charge in [-0.3, -0.25) is 9.59 Å². The summed E-state index contributed by atoms with van der Waals surface area (Å²) < 4.78 is 10.4. The summed E-state index contributed by atoms with van der Waals surface area (Å²) in [6.45, 7) is 3.74. The summed E-state index contributed by atoms with van der Waals surface area (Å²) in [6.07, 6.45) is 3.00. The smallest absolute Gasteiger partial charge is 0.251 e. The second kappa shape index (κ2) is 9.80. The Kier molecular flexibility index (Phi) is 7.46. The zero-order valence-electron chi connectivity index (χ0n) is 16.2. The number of hydrogen-bond donors (Lipinski definition) is 2. The van der Waals surface area contributed by atoms with Crippen molar-refractivity contribution in [1.29, 1.82) is 0 Å². The molecule has 148 valence electrons. The van der Waals surface area contributed by atoms with Gasteiger partial charge < -0.3 is 20.1 Å². The molecule has 0 heterocycles. The van der Waals surface area contributed by atoms with Crippen LogP contribution in [0.25, 0.3) is 6.08 Å². The molecule has 0 spiro atoms. The molecule has 0 atom stereocenters. The molecule has 0 fully saturated rings. The van der Waals surface area contributed by atoms with Crippen LogP contribution in [0.1, 0.15) is 29.8 Å². The number of ether oxygens (including phenoxy) is 2. The van der Waals surface area contributed by atoms with Gasteiger partial charge in [-0.05, 0) is 55.8 Å². The minimum absolute atomic E-state index is 0.00371. The molecule has 0 saturated carbocycles. The van der Waals surface area contributed by atoms with Gasteiger partial charge in [0.15, 0.2) is 0 Å². The van der Waals surface area contributed by atoms with Crippen molar-refractivity contribution in [3.05, 3.63) is 58.6 Å². The van der Waals surface area contributed by atoms with E-state index in [1.165, 1.54) is 6.08 Å². The maximum Gasteiger partial charge on any atom is 0.251 e. The fourth-order valence-corrected chi connectivity index (χ4v) is 2.54. The van der Waals surface area contributed by atoms with Crippen LogP contribution in [0.5, 0.6) is 11.5 Å². The summed E-state index contributed by atoms with van der Waals surface area (Å²) in [4.78, 5) is 24.4. The number of methoxy groups -OCH3 is 2. The number of carbonyl (C=O) groups is 2. The molecule has 6 nitrogen and oxygen atoms in total. The van der Waals surface area contributed by atoms with Gasteiger partial charge in [0, 0.05) is 23.7 Å². The van der Waals surface area contributed by atoms with Gasteiger partial charge in [-0.1, -0.05) is 11.6 Å². The van der Waals surface area contributed by atoms with Gasteiger partial charge >= 0.3 is 0 Å². The number of anilines is 1. The van der Waals surface area contributed by atoms with E-state index in [9.17, 15) is 9.59 Å². The zero-order valence-corrected chi connectivity index (χ0v) is 17.0. The maximum atomic E-state index is 12.3. The lowest BCUT2D eigenvalue weighted by atomic mass is 10.1. The summed E-state index contributed by atoms with van der Waals surface area (Å²) in [5.41, 5.74) is 1.51. The van der Waals surface area contributed by atoms with Crippen molar-refractivity contribution in [1.82, 2.24) is 5.32 Å². The molecule has 28 heavy (non-hydrogen) atoms. The van der Waals surface area contributed by atoms with Crippen molar-refractivity contribution in [2.75, 3.05) is 19.5 Å². The van der Waals surface area contributed by atoms with Gasteiger partial charge in [0.1, 0.15) is 11.5 Å². The highest BCUT2D eigenvalue weighted by molar-refractivity contribution is 6.34. The summed E-state index contributed by atoms with van der Waals surface area (Å²) in [7, 11) is 3.11. The van der Waals surface area contributed by atoms with Gasteiger partial charge in [-0.15, -0.1) is 0 Å². The van der Waals surface area contributed by atoms with Crippen molar-refractivity contribution >= 4 is 35.2 Å². The minimum Gasteiger partial charge on any atom is -0.497 e. The van der Waals surface area contributed by atoms with E-state index in [-0.39, 0.29) is 17.9 Å². The number of rotatable bonds is 7. The lowest BCUT2D eigenvalue weighted by molar-refractivity contribution is -0.111. The molecule has 0 radical (unpaired) electrons. The first-order chi connectivity index (χ1) is 13.3. The highest BCUT2D eigenvalue weighted by atomic mass is 35.5. The fourth-order valence-electron chi connectivity index (χ4n) is 2.38. The Morgan fingerprint density at radius 2 is 1.68 bits per heavy atom. The second-order valence-corrected chi connectivity index (χ2v) is 6.70. The fraction of sp³-hybridized carbons (Fsp3) is 0.238. The Bertz CT molecular complexity index is 872. The third-order valence-electron chi connectivity index (χ3n) is 3.71. The average molecular weight is 403 g/mol. The summed E-state index contributed by atoms with van der Waals surface area (Å²) in [5.74, 6) is 0.615. The van der Waals surface area contributed by atoms with Crippen LogP contribution in [0, 0.1) is 0 Å².